The summed E-state index contributed by atoms with van der Waals surface area (Å²) in [6.45, 7) is 6.20. The lowest BCUT2D eigenvalue weighted by Crippen LogP contribution is -2.46. The number of rotatable bonds is 5. The summed E-state index contributed by atoms with van der Waals surface area (Å²) in [5.74, 6) is 0. The monoisotopic (exact) mass is 246 g/mol. The highest BCUT2D eigenvalue weighted by molar-refractivity contribution is 5.75. The first-order valence-corrected chi connectivity index (χ1v) is 6.31. The average molecular weight is 246 g/mol. The molecule has 2 rings (SSSR count). The summed E-state index contributed by atoms with van der Waals surface area (Å²) in [5, 5.41) is 6.75. The third-order valence-corrected chi connectivity index (χ3v) is 3.18. The van der Waals surface area contributed by atoms with Gasteiger partial charge in [-0.1, -0.05) is 6.07 Å². The van der Waals surface area contributed by atoms with Gasteiger partial charge in [0.1, 0.15) is 0 Å². The second-order valence-electron chi connectivity index (χ2n) is 5.45. The van der Waals surface area contributed by atoms with Crippen LogP contribution in [0.4, 0.5) is 0 Å². The molecular weight excluding hydrogens is 224 g/mol. The summed E-state index contributed by atoms with van der Waals surface area (Å²) < 4.78 is 2.04. The van der Waals surface area contributed by atoms with E-state index in [-0.39, 0.29) is 5.54 Å². The van der Waals surface area contributed by atoms with Crippen molar-refractivity contribution < 1.29 is 0 Å². The summed E-state index contributed by atoms with van der Waals surface area (Å²) in [6, 6.07) is 6.44. The summed E-state index contributed by atoms with van der Waals surface area (Å²) in [7, 11) is 3.99. The number of nitrogens with zero attached hydrogens (tertiary/aromatic N) is 2. The molecular formula is C14H22N4. The van der Waals surface area contributed by atoms with Crippen molar-refractivity contribution >= 4 is 11.0 Å². The minimum absolute atomic E-state index is 0.0911. The van der Waals surface area contributed by atoms with Gasteiger partial charge in [0.15, 0.2) is 0 Å². The molecule has 4 nitrogen and oxygen atoms in total. The highest BCUT2D eigenvalue weighted by Gasteiger charge is 2.15. The first kappa shape index (κ1) is 13.1. The Hall–Kier alpha value is -1.39. The molecule has 0 fully saturated rings. The molecule has 18 heavy (non-hydrogen) atoms. The molecule has 2 N–H and O–H groups in total. The van der Waals surface area contributed by atoms with Gasteiger partial charge in [-0.2, -0.15) is 0 Å². The van der Waals surface area contributed by atoms with Crippen LogP contribution in [0.2, 0.25) is 0 Å². The lowest BCUT2D eigenvalue weighted by atomic mass is 10.1. The van der Waals surface area contributed by atoms with E-state index in [2.05, 4.69) is 47.7 Å². The minimum atomic E-state index is 0.0911. The van der Waals surface area contributed by atoms with Gasteiger partial charge in [-0.05, 0) is 38.6 Å². The van der Waals surface area contributed by atoms with Gasteiger partial charge in [0, 0.05) is 25.7 Å². The van der Waals surface area contributed by atoms with E-state index in [4.69, 9.17) is 0 Å². The fraction of sp³-hybridized carbons (Fsp3) is 0.500. The predicted octanol–water partition coefficient (Wildman–Crippen LogP) is 1.66. The number of fused-ring (bicyclic) bond motifs is 1. The van der Waals surface area contributed by atoms with Crippen molar-refractivity contribution in [2.75, 3.05) is 13.6 Å². The van der Waals surface area contributed by atoms with E-state index in [1.54, 1.807) is 0 Å². The molecule has 0 unspecified atom stereocenters. The van der Waals surface area contributed by atoms with Gasteiger partial charge < -0.3 is 15.2 Å². The maximum atomic E-state index is 4.38. The lowest BCUT2D eigenvalue weighted by molar-refractivity contribution is 0.374. The fourth-order valence-electron chi connectivity index (χ4n) is 2.14. The summed E-state index contributed by atoms with van der Waals surface area (Å²) in [5.41, 5.74) is 3.59. The third kappa shape index (κ3) is 2.89. The zero-order valence-corrected chi connectivity index (χ0v) is 11.6. The van der Waals surface area contributed by atoms with Crippen molar-refractivity contribution in [3.05, 3.63) is 30.1 Å². The van der Waals surface area contributed by atoms with Crippen LogP contribution < -0.4 is 10.6 Å². The minimum Gasteiger partial charge on any atom is -0.334 e. The van der Waals surface area contributed by atoms with Crippen LogP contribution >= 0.6 is 0 Å². The van der Waals surface area contributed by atoms with Gasteiger partial charge in [0.25, 0.3) is 0 Å². The molecule has 0 saturated carbocycles. The van der Waals surface area contributed by atoms with Crippen molar-refractivity contribution in [3.63, 3.8) is 0 Å². The van der Waals surface area contributed by atoms with Crippen molar-refractivity contribution in [3.8, 4) is 0 Å². The van der Waals surface area contributed by atoms with E-state index in [0.29, 0.717) is 0 Å². The van der Waals surface area contributed by atoms with Crippen LogP contribution in [-0.2, 0) is 13.6 Å². The molecule has 4 heteroatoms. The fourth-order valence-corrected chi connectivity index (χ4v) is 2.14. The number of nitrogens with one attached hydrogen (secondary N) is 2. The maximum absolute atomic E-state index is 4.38. The Labute approximate surface area is 108 Å². The number of aryl methyl sites for hydroxylation is 1. The average Bonchev–Trinajstić information content (AvgIpc) is 2.68. The molecule has 0 aliphatic carbocycles. The molecule has 1 aromatic carbocycles. The molecule has 0 bridgehead atoms. The topological polar surface area (TPSA) is 41.9 Å². The number of benzene rings is 1. The summed E-state index contributed by atoms with van der Waals surface area (Å²) in [6.07, 6.45) is 1.85. The number of hydrogen-bond acceptors (Lipinski definition) is 3. The van der Waals surface area contributed by atoms with E-state index in [9.17, 15) is 0 Å². The molecule has 0 amide bonds. The molecule has 0 atom stereocenters. The van der Waals surface area contributed by atoms with E-state index >= 15 is 0 Å². The molecule has 0 spiro atoms. The van der Waals surface area contributed by atoms with Crippen molar-refractivity contribution in [2.45, 2.75) is 25.9 Å². The number of likely N-dealkylation sites (N-methyl/N-ethyl adjacent to an activating group) is 1. The quantitative estimate of drug-likeness (QED) is 0.843. The summed E-state index contributed by atoms with van der Waals surface area (Å²) in [4.78, 5) is 4.38. The number of imidazole rings is 1. The van der Waals surface area contributed by atoms with Gasteiger partial charge in [0.05, 0.1) is 17.4 Å². The third-order valence-electron chi connectivity index (χ3n) is 3.18. The second-order valence-corrected chi connectivity index (χ2v) is 5.45. The van der Waals surface area contributed by atoms with Crippen LogP contribution in [0.1, 0.15) is 19.4 Å². The smallest absolute Gasteiger partial charge is 0.0955 e. The number of hydrogen-bond donors (Lipinski definition) is 2. The van der Waals surface area contributed by atoms with Crippen LogP contribution in [0.15, 0.2) is 24.5 Å². The van der Waals surface area contributed by atoms with Crippen molar-refractivity contribution in [1.82, 2.24) is 20.2 Å². The molecule has 2 aromatic rings. The molecule has 0 radical (unpaired) electrons. The Morgan fingerprint density at radius 1 is 1.33 bits per heavy atom. The van der Waals surface area contributed by atoms with Gasteiger partial charge in [-0.15, -0.1) is 0 Å². The van der Waals surface area contributed by atoms with Crippen LogP contribution in [-0.4, -0.2) is 28.7 Å². The first-order valence-electron chi connectivity index (χ1n) is 6.31. The highest BCUT2D eigenvalue weighted by Crippen LogP contribution is 2.14. The highest BCUT2D eigenvalue weighted by atomic mass is 15.0. The van der Waals surface area contributed by atoms with E-state index in [1.807, 2.05) is 25.0 Å². The molecule has 0 aliphatic rings. The van der Waals surface area contributed by atoms with Gasteiger partial charge >= 0.3 is 0 Å². The van der Waals surface area contributed by atoms with Crippen LogP contribution in [0.5, 0.6) is 0 Å². The predicted molar refractivity (Wildman–Crippen MR) is 75.6 cm³/mol. The standard InChI is InChI=1S/C14H22N4/c1-14(2,9-15-3)17-8-11-5-6-13-12(7-11)16-10-18(13)4/h5-7,10,15,17H,8-9H2,1-4H3. The Kier molecular flexibility index (Phi) is 3.68. The van der Waals surface area contributed by atoms with Crippen molar-refractivity contribution in [1.29, 1.82) is 0 Å². The van der Waals surface area contributed by atoms with E-state index in [0.717, 1.165) is 18.6 Å². The van der Waals surface area contributed by atoms with Gasteiger partial charge in [-0.25, -0.2) is 4.98 Å². The first-order chi connectivity index (χ1) is 8.52. The normalized spacial score (nSPS) is 12.2. The molecule has 98 valence electrons. The SMILES string of the molecule is CNCC(C)(C)NCc1ccc2c(c1)ncn2C. The Morgan fingerprint density at radius 2 is 2.11 bits per heavy atom. The Morgan fingerprint density at radius 3 is 2.83 bits per heavy atom. The maximum Gasteiger partial charge on any atom is 0.0955 e. The molecule has 0 saturated heterocycles. The van der Waals surface area contributed by atoms with Crippen LogP contribution in [0.3, 0.4) is 0 Å². The van der Waals surface area contributed by atoms with Crippen molar-refractivity contribution in [2.24, 2.45) is 7.05 Å². The molecule has 1 heterocycles. The van der Waals surface area contributed by atoms with Gasteiger partial charge in [-0.3, -0.25) is 0 Å². The zero-order chi connectivity index (χ0) is 13.2. The molecule has 0 aliphatic heterocycles. The van der Waals surface area contributed by atoms with E-state index < -0.39 is 0 Å². The van der Waals surface area contributed by atoms with Crippen LogP contribution in [0, 0.1) is 0 Å². The van der Waals surface area contributed by atoms with E-state index in [1.165, 1.54) is 11.1 Å². The lowest BCUT2D eigenvalue weighted by Gasteiger charge is -2.26. The largest absolute Gasteiger partial charge is 0.334 e. The molecule has 1 aromatic heterocycles. The Balaban J connectivity index is 2.08. The Bertz CT molecular complexity index is 528. The van der Waals surface area contributed by atoms with Gasteiger partial charge in [0.2, 0.25) is 0 Å². The van der Waals surface area contributed by atoms with Crippen LogP contribution in [0.25, 0.3) is 11.0 Å². The zero-order valence-electron chi connectivity index (χ0n) is 11.6. The summed E-state index contributed by atoms with van der Waals surface area (Å²) >= 11 is 0. The second kappa shape index (κ2) is 5.08. The number of aromatic nitrogens is 2.